The Bertz CT molecular complexity index is 227. The molecule has 1 aromatic carbocycles. The van der Waals surface area contributed by atoms with Crippen molar-refractivity contribution in [1.82, 2.24) is 10.2 Å². The van der Waals surface area contributed by atoms with Crippen LogP contribution in [0.2, 0.25) is 0 Å². The van der Waals surface area contributed by atoms with E-state index >= 15 is 0 Å². The highest BCUT2D eigenvalue weighted by Gasteiger charge is 2.11. The molecule has 1 saturated heterocycles. The van der Waals surface area contributed by atoms with Crippen molar-refractivity contribution >= 4 is 0 Å². The van der Waals surface area contributed by atoms with E-state index in [-0.39, 0.29) is 0 Å². The molecule has 1 N–H and O–H groups in total. The van der Waals surface area contributed by atoms with E-state index < -0.39 is 0 Å². The van der Waals surface area contributed by atoms with Crippen molar-refractivity contribution in [2.75, 3.05) is 13.1 Å². The average molecular weight is 160 g/mol. The van der Waals surface area contributed by atoms with Crippen LogP contribution in [0.3, 0.4) is 0 Å². The first-order chi connectivity index (χ1) is 5.95. The van der Waals surface area contributed by atoms with Gasteiger partial charge in [-0.05, 0) is 5.56 Å². The predicted octanol–water partition coefficient (Wildman–Crippen LogP) is 1.09. The third kappa shape index (κ3) is 1.84. The van der Waals surface area contributed by atoms with Gasteiger partial charge >= 0.3 is 0 Å². The lowest BCUT2D eigenvalue weighted by Gasteiger charge is -2.11. The SMILES string of the molecule is [C]1NCCN1Cc1ccccc1. The van der Waals surface area contributed by atoms with Crippen LogP contribution < -0.4 is 5.32 Å². The molecule has 1 aromatic rings. The molecule has 0 aromatic heterocycles. The van der Waals surface area contributed by atoms with Crippen LogP contribution in [0.4, 0.5) is 0 Å². The highest BCUT2D eigenvalue weighted by Crippen LogP contribution is 2.06. The summed E-state index contributed by atoms with van der Waals surface area (Å²) >= 11 is 0. The van der Waals surface area contributed by atoms with Gasteiger partial charge < -0.3 is 0 Å². The molecule has 1 aliphatic heterocycles. The Morgan fingerprint density at radius 2 is 2.17 bits per heavy atom. The van der Waals surface area contributed by atoms with Crippen LogP contribution in [0.5, 0.6) is 0 Å². The second-order valence-electron chi connectivity index (χ2n) is 2.95. The van der Waals surface area contributed by atoms with E-state index in [4.69, 9.17) is 0 Å². The molecule has 0 unspecified atom stereocenters. The zero-order valence-corrected chi connectivity index (χ0v) is 6.96. The largest absolute Gasteiger partial charge is 0.292 e. The van der Waals surface area contributed by atoms with Gasteiger partial charge in [-0.25, -0.2) is 0 Å². The van der Waals surface area contributed by atoms with Gasteiger partial charge in [0.05, 0.1) is 0 Å². The van der Waals surface area contributed by atoms with E-state index in [1.807, 2.05) is 6.07 Å². The van der Waals surface area contributed by atoms with E-state index in [0.29, 0.717) is 0 Å². The lowest BCUT2D eigenvalue weighted by Crippen LogP contribution is -2.16. The first kappa shape index (κ1) is 7.77. The van der Waals surface area contributed by atoms with Crippen LogP contribution in [0.15, 0.2) is 30.3 Å². The maximum Gasteiger partial charge on any atom is 0.143 e. The molecule has 2 nitrogen and oxygen atoms in total. The number of hydrogen-bond donors (Lipinski definition) is 1. The van der Waals surface area contributed by atoms with Crippen LogP contribution in [-0.2, 0) is 6.54 Å². The van der Waals surface area contributed by atoms with Crippen molar-refractivity contribution in [2.45, 2.75) is 6.54 Å². The van der Waals surface area contributed by atoms with Gasteiger partial charge in [-0.3, -0.25) is 10.2 Å². The molecule has 2 radical (unpaired) electrons. The standard InChI is InChI=1S/C10H12N2/c1-2-4-10(5-3-1)8-12-7-6-11-9-12/h1-5,11H,6-8H2. The molecular weight excluding hydrogens is 148 g/mol. The van der Waals surface area contributed by atoms with Gasteiger partial charge in [0.2, 0.25) is 0 Å². The molecule has 2 rings (SSSR count). The first-order valence-corrected chi connectivity index (χ1v) is 4.22. The van der Waals surface area contributed by atoms with Crippen molar-refractivity contribution in [3.63, 3.8) is 0 Å². The van der Waals surface area contributed by atoms with Gasteiger partial charge in [-0.15, -0.1) is 0 Å². The molecule has 1 fully saturated rings. The molecule has 0 aliphatic carbocycles. The van der Waals surface area contributed by atoms with Crippen molar-refractivity contribution in [3.05, 3.63) is 42.6 Å². The third-order valence-electron chi connectivity index (χ3n) is 1.96. The summed E-state index contributed by atoms with van der Waals surface area (Å²) < 4.78 is 0. The summed E-state index contributed by atoms with van der Waals surface area (Å²) in [5.41, 5.74) is 1.34. The van der Waals surface area contributed by atoms with Gasteiger partial charge in [0.15, 0.2) is 0 Å². The number of hydrogen-bond acceptors (Lipinski definition) is 2. The summed E-state index contributed by atoms with van der Waals surface area (Å²) in [5, 5.41) is 3.07. The van der Waals surface area contributed by atoms with E-state index in [1.54, 1.807) is 0 Å². The van der Waals surface area contributed by atoms with Gasteiger partial charge in [0.25, 0.3) is 0 Å². The predicted molar refractivity (Wildman–Crippen MR) is 48.1 cm³/mol. The van der Waals surface area contributed by atoms with Crippen molar-refractivity contribution in [3.8, 4) is 0 Å². The molecule has 0 atom stereocenters. The topological polar surface area (TPSA) is 15.3 Å². The van der Waals surface area contributed by atoms with E-state index in [2.05, 4.69) is 41.2 Å². The van der Waals surface area contributed by atoms with Crippen molar-refractivity contribution in [2.24, 2.45) is 0 Å². The Labute approximate surface area is 73.2 Å². The normalized spacial score (nSPS) is 18.3. The van der Waals surface area contributed by atoms with E-state index in [0.717, 1.165) is 19.6 Å². The van der Waals surface area contributed by atoms with Gasteiger partial charge in [0, 0.05) is 19.6 Å². The molecule has 2 heteroatoms. The summed E-state index contributed by atoms with van der Waals surface area (Å²) in [7, 11) is 0. The Morgan fingerprint density at radius 1 is 1.33 bits per heavy atom. The molecule has 62 valence electrons. The smallest absolute Gasteiger partial charge is 0.143 e. The maximum atomic E-state index is 3.09. The highest BCUT2D eigenvalue weighted by atomic mass is 15.3. The molecule has 0 spiro atoms. The third-order valence-corrected chi connectivity index (χ3v) is 1.96. The van der Waals surface area contributed by atoms with Crippen LogP contribution >= 0.6 is 0 Å². The summed E-state index contributed by atoms with van der Waals surface area (Å²) in [4.78, 5) is 2.16. The average Bonchev–Trinajstić information content (AvgIpc) is 2.59. The Balaban J connectivity index is 1.94. The summed E-state index contributed by atoms with van der Waals surface area (Å²) in [6.07, 6.45) is 0. The fourth-order valence-electron chi connectivity index (χ4n) is 1.34. The fourth-order valence-corrected chi connectivity index (χ4v) is 1.34. The minimum absolute atomic E-state index is 0.966. The summed E-state index contributed by atoms with van der Waals surface area (Å²) in [6.45, 7) is 6.14. The van der Waals surface area contributed by atoms with E-state index in [1.165, 1.54) is 5.56 Å². The Kier molecular flexibility index (Phi) is 2.39. The lowest BCUT2D eigenvalue weighted by atomic mass is 10.2. The number of nitrogens with zero attached hydrogens (tertiary/aromatic N) is 1. The van der Waals surface area contributed by atoms with Crippen LogP contribution in [0, 0.1) is 6.67 Å². The monoisotopic (exact) mass is 160 g/mol. The lowest BCUT2D eigenvalue weighted by molar-refractivity contribution is 0.381. The zero-order chi connectivity index (χ0) is 8.23. The Hall–Kier alpha value is -0.860. The molecule has 12 heavy (non-hydrogen) atoms. The van der Waals surface area contributed by atoms with E-state index in [9.17, 15) is 0 Å². The molecular formula is C10H12N2. The van der Waals surface area contributed by atoms with Gasteiger partial charge in [-0.1, -0.05) is 30.3 Å². The summed E-state index contributed by atoms with van der Waals surface area (Å²) in [6, 6.07) is 10.5. The molecule has 1 heterocycles. The molecule has 0 bridgehead atoms. The van der Waals surface area contributed by atoms with Gasteiger partial charge in [0.1, 0.15) is 6.67 Å². The first-order valence-electron chi connectivity index (χ1n) is 4.22. The Morgan fingerprint density at radius 3 is 2.83 bits per heavy atom. The van der Waals surface area contributed by atoms with Crippen molar-refractivity contribution < 1.29 is 0 Å². The quantitative estimate of drug-likeness (QED) is 0.696. The maximum absolute atomic E-state index is 3.09. The highest BCUT2D eigenvalue weighted by molar-refractivity contribution is 5.14. The number of nitrogens with one attached hydrogen (secondary N) is 1. The summed E-state index contributed by atoms with van der Waals surface area (Å²) in [5.74, 6) is 0. The van der Waals surface area contributed by atoms with Crippen LogP contribution in [0.1, 0.15) is 5.56 Å². The van der Waals surface area contributed by atoms with Gasteiger partial charge in [-0.2, -0.15) is 0 Å². The minimum atomic E-state index is 0.966. The molecule has 0 amide bonds. The molecule has 0 saturated carbocycles. The minimum Gasteiger partial charge on any atom is -0.292 e. The van der Waals surface area contributed by atoms with Crippen LogP contribution in [0.25, 0.3) is 0 Å². The van der Waals surface area contributed by atoms with Crippen LogP contribution in [-0.4, -0.2) is 18.0 Å². The molecule has 1 aliphatic rings. The fraction of sp³-hybridized carbons (Fsp3) is 0.300. The zero-order valence-electron chi connectivity index (χ0n) is 6.96. The second-order valence-corrected chi connectivity index (χ2v) is 2.95. The number of rotatable bonds is 2. The number of benzene rings is 1. The second kappa shape index (κ2) is 3.70. The van der Waals surface area contributed by atoms with Crippen molar-refractivity contribution in [1.29, 1.82) is 0 Å².